The molecule has 0 aromatic heterocycles. The molecule has 1 aromatic rings. The van der Waals surface area contributed by atoms with Gasteiger partial charge in [-0.2, -0.15) is 0 Å². The zero-order valence-corrected chi connectivity index (χ0v) is 16.8. The molecule has 0 spiro atoms. The second-order valence-corrected chi connectivity index (χ2v) is 7.03. The maximum atomic E-state index is 6.41. The Kier molecular flexibility index (Phi) is 7.50. The molecule has 1 unspecified atom stereocenters. The Morgan fingerprint density at radius 3 is 2.58 bits per heavy atom. The van der Waals surface area contributed by atoms with Crippen molar-refractivity contribution in [3.8, 4) is 11.5 Å². The number of hydrogen-bond donors (Lipinski definition) is 0. The van der Waals surface area contributed by atoms with Crippen molar-refractivity contribution >= 4 is 0 Å². The molecule has 1 heterocycles. The Balaban J connectivity index is 2.16. The predicted molar refractivity (Wildman–Crippen MR) is 102 cm³/mol. The lowest BCUT2D eigenvalue weighted by molar-refractivity contribution is -0.0215. The summed E-state index contributed by atoms with van der Waals surface area (Å²) in [5.74, 6) is 1.87. The van der Waals surface area contributed by atoms with E-state index < -0.39 is 0 Å². The Morgan fingerprint density at radius 2 is 1.88 bits per heavy atom. The van der Waals surface area contributed by atoms with Crippen LogP contribution in [0.15, 0.2) is 12.7 Å². The largest absolute Gasteiger partial charge is 0.485 e. The van der Waals surface area contributed by atoms with Gasteiger partial charge in [-0.15, -0.1) is 6.58 Å². The fourth-order valence-electron chi connectivity index (χ4n) is 3.26. The van der Waals surface area contributed by atoms with Gasteiger partial charge in [0.05, 0.1) is 26.4 Å². The SMILES string of the molecule is C=CCOCC1(C)CCc2c(C)c(OCOCCOC)c(C)c(C)c2O1. The van der Waals surface area contributed by atoms with E-state index in [0.29, 0.717) is 26.4 Å². The Morgan fingerprint density at radius 1 is 1.12 bits per heavy atom. The molecule has 0 saturated carbocycles. The zero-order valence-electron chi connectivity index (χ0n) is 16.8. The highest BCUT2D eigenvalue weighted by Crippen LogP contribution is 2.43. The topological polar surface area (TPSA) is 46.2 Å². The van der Waals surface area contributed by atoms with Crippen molar-refractivity contribution in [1.82, 2.24) is 0 Å². The number of rotatable bonds is 10. The van der Waals surface area contributed by atoms with E-state index in [1.54, 1.807) is 13.2 Å². The summed E-state index contributed by atoms with van der Waals surface area (Å²) in [6.07, 6.45) is 3.61. The molecule has 26 heavy (non-hydrogen) atoms. The van der Waals surface area contributed by atoms with Crippen molar-refractivity contribution in [1.29, 1.82) is 0 Å². The second kappa shape index (κ2) is 9.40. The van der Waals surface area contributed by atoms with Crippen molar-refractivity contribution in [2.75, 3.05) is 40.3 Å². The van der Waals surface area contributed by atoms with Crippen molar-refractivity contribution < 1.29 is 23.7 Å². The molecule has 5 heteroatoms. The molecule has 146 valence electrons. The van der Waals surface area contributed by atoms with Crippen LogP contribution < -0.4 is 9.47 Å². The van der Waals surface area contributed by atoms with E-state index in [1.807, 2.05) is 0 Å². The average Bonchev–Trinajstić information content (AvgIpc) is 2.62. The highest BCUT2D eigenvalue weighted by Gasteiger charge is 2.35. The summed E-state index contributed by atoms with van der Waals surface area (Å²) in [5.41, 5.74) is 4.25. The first kappa shape index (κ1) is 20.7. The van der Waals surface area contributed by atoms with E-state index in [9.17, 15) is 0 Å². The molecule has 1 aliphatic heterocycles. The first-order valence-corrected chi connectivity index (χ1v) is 9.13. The maximum Gasteiger partial charge on any atom is 0.189 e. The summed E-state index contributed by atoms with van der Waals surface area (Å²) < 4.78 is 28.4. The van der Waals surface area contributed by atoms with Crippen LogP contribution in [0.2, 0.25) is 0 Å². The van der Waals surface area contributed by atoms with Crippen LogP contribution in [-0.2, 0) is 20.6 Å². The first-order valence-electron chi connectivity index (χ1n) is 9.13. The number of benzene rings is 1. The summed E-state index contributed by atoms with van der Waals surface area (Å²) in [7, 11) is 1.65. The molecule has 1 atom stereocenters. The van der Waals surface area contributed by atoms with Crippen LogP contribution >= 0.6 is 0 Å². The van der Waals surface area contributed by atoms with Gasteiger partial charge in [0, 0.05) is 12.7 Å². The van der Waals surface area contributed by atoms with Crippen LogP contribution in [0.5, 0.6) is 11.5 Å². The zero-order chi connectivity index (χ0) is 19.2. The standard InChI is InChI=1S/C21H32O5/c1-7-10-23-13-21(5)9-8-18-17(4)19(25-14-24-12-11-22-6)15(2)16(3)20(18)26-21/h7H,1,8-14H2,2-6H3. The number of fused-ring (bicyclic) bond motifs is 1. The van der Waals surface area contributed by atoms with Gasteiger partial charge in [0.15, 0.2) is 6.79 Å². The molecule has 0 aliphatic carbocycles. The van der Waals surface area contributed by atoms with Gasteiger partial charge in [-0.25, -0.2) is 0 Å². The van der Waals surface area contributed by atoms with Crippen LogP contribution in [0.3, 0.4) is 0 Å². The molecule has 0 radical (unpaired) electrons. The fraction of sp³-hybridized carbons (Fsp3) is 0.619. The molecular formula is C21H32O5. The first-order chi connectivity index (χ1) is 12.4. The van der Waals surface area contributed by atoms with Gasteiger partial charge >= 0.3 is 0 Å². The van der Waals surface area contributed by atoms with Gasteiger partial charge in [-0.3, -0.25) is 0 Å². The van der Waals surface area contributed by atoms with Gasteiger partial charge in [-0.05, 0) is 57.2 Å². The summed E-state index contributed by atoms with van der Waals surface area (Å²) >= 11 is 0. The lowest BCUT2D eigenvalue weighted by Crippen LogP contribution is -2.41. The Labute approximate surface area is 157 Å². The molecule has 0 saturated heterocycles. The van der Waals surface area contributed by atoms with Gasteiger partial charge in [0.1, 0.15) is 17.1 Å². The van der Waals surface area contributed by atoms with Crippen LogP contribution in [0.1, 0.15) is 35.6 Å². The molecule has 2 rings (SSSR count). The molecule has 5 nitrogen and oxygen atoms in total. The van der Waals surface area contributed by atoms with Crippen molar-refractivity contribution in [2.45, 2.75) is 46.1 Å². The molecule has 0 amide bonds. The Hall–Kier alpha value is -1.56. The minimum Gasteiger partial charge on any atom is -0.485 e. The van der Waals surface area contributed by atoms with Crippen molar-refractivity contribution in [3.63, 3.8) is 0 Å². The van der Waals surface area contributed by atoms with E-state index in [0.717, 1.165) is 41.0 Å². The predicted octanol–water partition coefficient (Wildman–Crippen LogP) is 3.90. The number of hydrogen-bond acceptors (Lipinski definition) is 5. The lowest BCUT2D eigenvalue weighted by Gasteiger charge is -2.38. The molecule has 1 aromatic carbocycles. The summed E-state index contributed by atoms with van der Waals surface area (Å²) in [5, 5.41) is 0. The van der Waals surface area contributed by atoms with Crippen LogP contribution in [0.4, 0.5) is 0 Å². The highest BCUT2D eigenvalue weighted by atomic mass is 16.7. The van der Waals surface area contributed by atoms with E-state index in [-0.39, 0.29) is 12.4 Å². The van der Waals surface area contributed by atoms with Gasteiger partial charge in [0.2, 0.25) is 0 Å². The summed E-state index contributed by atoms with van der Waals surface area (Å²) in [6.45, 7) is 14.4. The van der Waals surface area contributed by atoms with Crippen LogP contribution in [0.25, 0.3) is 0 Å². The minimum absolute atomic E-state index is 0.219. The average molecular weight is 364 g/mol. The monoisotopic (exact) mass is 364 g/mol. The third-order valence-electron chi connectivity index (χ3n) is 4.92. The quantitative estimate of drug-likeness (QED) is 0.358. The van der Waals surface area contributed by atoms with Gasteiger partial charge in [0.25, 0.3) is 0 Å². The normalized spacial score (nSPS) is 19.0. The molecule has 0 fully saturated rings. The number of methoxy groups -OCH3 is 1. The third kappa shape index (κ3) is 4.78. The van der Waals surface area contributed by atoms with E-state index in [1.165, 1.54) is 5.56 Å². The molecule has 1 aliphatic rings. The third-order valence-corrected chi connectivity index (χ3v) is 4.92. The highest BCUT2D eigenvalue weighted by molar-refractivity contribution is 5.59. The van der Waals surface area contributed by atoms with Gasteiger partial charge < -0.3 is 23.7 Å². The second-order valence-electron chi connectivity index (χ2n) is 7.03. The molecule has 0 N–H and O–H groups in total. The smallest absolute Gasteiger partial charge is 0.189 e. The van der Waals surface area contributed by atoms with E-state index in [4.69, 9.17) is 23.7 Å². The van der Waals surface area contributed by atoms with Crippen LogP contribution in [0, 0.1) is 20.8 Å². The van der Waals surface area contributed by atoms with Crippen molar-refractivity contribution in [2.24, 2.45) is 0 Å². The van der Waals surface area contributed by atoms with E-state index >= 15 is 0 Å². The molecular weight excluding hydrogens is 332 g/mol. The molecule has 0 bridgehead atoms. The van der Waals surface area contributed by atoms with Crippen LogP contribution in [-0.4, -0.2) is 45.9 Å². The summed E-state index contributed by atoms with van der Waals surface area (Å²) in [4.78, 5) is 0. The number of ether oxygens (including phenoxy) is 5. The van der Waals surface area contributed by atoms with Crippen molar-refractivity contribution in [3.05, 3.63) is 34.9 Å². The lowest BCUT2D eigenvalue weighted by atomic mass is 9.87. The van der Waals surface area contributed by atoms with E-state index in [2.05, 4.69) is 34.3 Å². The Bertz CT molecular complexity index is 626. The summed E-state index contributed by atoms with van der Waals surface area (Å²) in [6, 6.07) is 0. The van der Waals surface area contributed by atoms with Gasteiger partial charge in [-0.1, -0.05) is 6.08 Å². The minimum atomic E-state index is -0.314. The fourth-order valence-corrected chi connectivity index (χ4v) is 3.26. The maximum absolute atomic E-state index is 6.41.